The van der Waals surface area contributed by atoms with Crippen LogP contribution in [0.2, 0.25) is 0 Å². The molecule has 0 aliphatic carbocycles. The lowest BCUT2D eigenvalue weighted by atomic mass is 10.4. The van der Waals surface area contributed by atoms with E-state index in [1.54, 1.807) is 0 Å². The van der Waals surface area contributed by atoms with Crippen molar-refractivity contribution in [2.45, 2.75) is 26.7 Å². The Labute approximate surface area is 69.6 Å². The average molecular weight is 179 g/mol. The van der Waals surface area contributed by atoms with Crippen LogP contribution in [-0.4, -0.2) is 24.9 Å². The van der Waals surface area contributed by atoms with E-state index in [4.69, 9.17) is 4.52 Å². The predicted octanol–water partition coefficient (Wildman–Crippen LogP) is 2.14. The van der Waals surface area contributed by atoms with E-state index in [-0.39, 0.29) is 0 Å². The van der Waals surface area contributed by atoms with Gasteiger partial charge in [-0.1, -0.05) is 13.8 Å². The lowest BCUT2D eigenvalue weighted by Gasteiger charge is -2.18. The fourth-order valence-corrected chi connectivity index (χ4v) is 2.03. The molecule has 0 aliphatic rings. The highest BCUT2D eigenvalue weighted by Gasteiger charge is 2.08. The Morgan fingerprint density at radius 2 is 1.73 bits per heavy atom. The van der Waals surface area contributed by atoms with Crippen molar-refractivity contribution in [3.63, 3.8) is 0 Å². The number of hydrogen-bond donors (Lipinski definition) is 0. The summed E-state index contributed by atoms with van der Waals surface area (Å²) >= 11 is 0. The minimum atomic E-state index is -1.91. The monoisotopic (exact) mass is 179 g/mol. The van der Waals surface area contributed by atoms with Crippen LogP contribution in [0.4, 0.5) is 0 Å². The molecule has 0 heterocycles. The molecular weight excluding hydrogens is 161 g/mol. The van der Waals surface area contributed by atoms with Crippen LogP contribution in [0.1, 0.15) is 26.7 Å². The molecule has 11 heavy (non-hydrogen) atoms. The van der Waals surface area contributed by atoms with Gasteiger partial charge in [0.2, 0.25) is 0 Å². The molecule has 0 aromatic rings. The molecule has 0 spiro atoms. The highest BCUT2D eigenvalue weighted by molar-refractivity contribution is 7.36. The normalized spacial score (nSPS) is 13.8. The van der Waals surface area contributed by atoms with Gasteiger partial charge in [-0.05, 0) is 12.8 Å². The van der Waals surface area contributed by atoms with E-state index >= 15 is 0 Å². The second-order valence-electron chi connectivity index (χ2n) is 2.46. The Bertz CT molecular complexity index is 113. The summed E-state index contributed by atoms with van der Waals surface area (Å²) in [5.41, 5.74) is 0. The lowest BCUT2D eigenvalue weighted by Crippen LogP contribution is -2.17. The topological polar surface area (TPSA) is 29.5 Å². The van der Waals surface area contributed by atoms with E-state index < -0.39 is 8.18 Å². The van der Waals surface area contributed by atoms with E-state index in [0.29, 0.717) is 0 Å². The number of rotatable bonds is 6. The van der Waals surface area contributed by atoms with Crippen molar-refractivity contribution in [3.05, 3.63) is 0 Å². The van der Waals surface area contributed by atoms with Gasteiger partial charge in [0.15, 0.2) is 0 Å². The molecule has 0 aromatic carbocycles. The minimum Gasteiger partial charge on any atom is -0.323 e. The smallest absolute Gasteiger partial charge is 0.260 e. The molecule has 4 heteroatoms. The molecule has 0 N–H and O–H groups in total. The molecule has 3 nitrogen and oxygen atoms in total. The van der Waals surface area contributed by atoms with Crippen LogP contribution in [0.3, 0.4) is 0 Å². The van der Waals surface area contributed by atoms with Gasteiger partial charge in [0.1, 0.15) is 0 Å². The summed E-state index contributed by atoms with van der Waals surface area (Å²) < 4.78 is 17.9. The largest absolute Gasteiger partial charge is 0.323 e. The van der Waals surface area contributed by atoms with Crippen LogP contribution >= 0.6 is 8.18 Å². The average Bonchev–Trinajstić information content (AvgIpc) is 2.03. The first kappa shape index (κ1) is 11.2. The summed E-state index contributed by atoms with van der Waals surface area (Å²) in [4.78, 5) is 0. The predicted molar refractivity (Wildman–Crippen MR) is 48.2 cm³/mol. The molecule has 68 valence electrons. The molecule has 0 saturated heterocycles. The van der Waals surface area contributed by atoms with Crippen LogP contribution in [0, 0.1) is 0 Å². The summed E-state index contributed by atoms with van der Waals surface area (Å²) in [6.07, 6.45) is 2.06. The first-order chi connectivity index (χ1) is 5.26. The highest BCUT2D eigenvalue weighted by Crippen LogP contribution is 2.26. The molecule has 0 aromatic heterocycles. The summed E-state index contributed by atoms with van der Waals surface area (Å²) in [5, 5.41) is 0. The quantitative estimate of drug-likeness (QED) is 0.585. The molecule has 1 unspecified atom stereocenters. The van der Waals surface area contributed by atoms with Gasteiger partial charge in [0.25, 0.3) is 8.18 Å². The van der Waals surface area contributed by atoms with Gasteiger partial charge in [0, 0.05) is 20.2 Å². The molecule has 0 saturated carbocycles. The molecule has 0 amide bonds. The van der Waals surface area contributed by atoms with E-state index in [1.807, 2.05) is 4.67 Å². The van der Waals surface area contributed by atoms with Gasteiger partial charge >= 0.3 is 0 Å². The van der Waals surface area contributed by atoms with Crippen molar-refractivity contribution in [2.24, 2.45) is 0 Å². The van der Waals surface area contributed by atoms with E-state index in [2.05, 4.69) is 13.8 Å². The third-order valence-electron chi connectivity index (χ3n) is 1.42. The zero-order valence-corrected chi connectivity index (χ0v) is 8.59. The lowest BCUT2D eigenvalue weighted by molar-refractivity contribution is 0.327. The van der Waals surface area contributed by atoms with Gasteiger partial charge in [-0.25, -0.2) is 4.67 Å². The van der Waals surface area contributed by atoms with E-state index in [9.17, 15) is 4.57 Å². The molecule has 1 atom stereocenters. The van der Waals surface area contributed by atoms with E-state index in [0.717, 1.165) is 25.9 Å². The molecule has 0 bridgehead atoms. The van der Waals surface area contributed by atoms with Crippen molar-refractivity contribution in [2.75, 3.05) is 20.2 Å². The molecule has 0 radical (unpaired) electrons. The second-order valence-corrected chi connectivity index (χ2v) is 4.03. The van der Waals surface area contributed by atoms with Crippen LogP contribution in [-0.2, 0) is 9.09 Å². The first-order valence-electron chi connectivity index (χ1n) is 4.09. The van der Waals surface area contributed by atoms with Gasteiger partial charge in [0.05, 0.1) is 0 Å². The standard InChI is InChI=1S/C7H18NO2P/c1-4-6-8(7-5-2)11(9)10-3/h11H,4-7H2,1-3H3. The highest BCUT2D eigenvalue weighted by atomic mass is 31.1. The Morgan fingerprint density at radius 1 is 1.27 bits per heavy atom. The van der Waals surface area contributed by atoms with E-state index in [1.165, 1.54) is 7.11 Å². The maximum absolute atomic E-state index is 11.2. The number of hydrogen-bond acceptors (Lipinski definition) is 2. The van der Waals surface area contributed by atoms with Crippen molar-refractivity contribution in [1.82, 2.24) is 4.67 Å². The third kappa shape index (κ3) is 4.57. The van der Waals surface area contributed by atoms with Gasteiger partial charge in [-0.15, -0.1) is 0 Å². The Kier molecular flexibility index (Phi) is 6.93. The zero-order valence-electron chi connectivity index (χ0n) is 7.59. The first-order valence-corrected chi connectivity index (χ1v) is 5.35. The van der Waals surface area contributed by atoms with Crippen LogP contribution in [0.5, 0.6) is 0 Å². The fraction of sp³-hybridized carbons (Fsp3) is 1.00. The van der Waals surface area contributed by atoms with Crippen molar-refractivity contribution < 1.29 is 9.09 Å². The Hall–Kier alpha value is 0.150. The summed E-state index contributed by atoms with van der Waals surface area (Å²) in [6.45, 7) is 5.90. The van der Waals surface area contributed by atoms with Crippen LogP contribution in [0.25, 0.3) is 0 Å². The summed E-state index contributed by atoms with van der Waals surface area (Å²) in [5.74, 6) is 0. The van der Waals surface area contributed by atoms with Gasteiger partial charge < -0.3 is 4.52 Å². The van der Waals surface area contributed by atoms with Crippen molar-refractivity contribution in [1.29, 1.82) is 0 Å². The minimum absolute atomic E-state index is 0.874. The van der Waals surface area contributed by atoms with Gasteiger partial charge in [-0.3, -0.25) is 4.57 Å². The molecule has 0 fully saturated rings. The Balaban J connectivity index is 3.76. The summed E-state index contributed by atoms with van der Waals surface area (Å²) in [7, 11) is -0.410. The second kappa shape index (κ2) is 6.84. The van der Waals surface area contributed by atoms with Gasteiger partial charge in [-0.2, -0.15) is 0 Å². The maximum Gasteiger partial charge on any atom is 0.260 e. The third-order valence-corrected chi connectivity index (χ3v) is 2.73. The Morgan fingerprint density at radius 3 is 2.00 bits per heavy atom. The molecular formula is C7H18NO2P. The van der Waals surface area contributed by atoms with Crippen LogP contribution < -0.4 is 0 Å². The van der Waals surface area contributed by atoms with Crippen molar-refractivity contribution >= 4 is 8.18 Å². The molecule has 0 aliphatic heterocycles. The zero-order chi connectivity index (χ0) is 8.69. The number of nitrogens with zero attached hydrogens (tertiary/aromatic N) is 1. The maximum atomic E-state index is 11.2. The van der Waals surface area contributed by atoms with Crippen molar-refractivity contribution in [3.8, 4) is 0 Å². The van der Waals surface area contributed by atoms with Crippen LogP contribution in [0.15, 0.2) is 0 Å². The fourth-order valence-electron chi connectivity index (χ4n) is 0.963. The SMILES string of the molecule is CCCN(CCC)[PH](=O)OC. The molecule has 0 rings (SSSR count). The summed E-state index contributed by atoms with van der Waals surface area (Å²) in [6, 6.07) is 0.